The quantitative estimate of drug-likeness (QED) is 0.110. The van der Waals surface area contributed by atoms with Gasteiger partial charge in [0.2, 0.25) is 11.1 Å². The lowest BCUT2D eigenvalue weighted by atomic mass is 10.0. The highest BCUT2D eigenvalue weighted by molar-refractivity contribution is 8.01. The molecule has 0 unspecified atom stereocenters. The van der Waals surface area contributed by atoms with E-state index in [4.69, 9.17) is 19.9 Å². The number of carbonyl (C=O) groups excluding carboxylic acids is 4. The maximum atomic E-state index is 13.4. The number of esters is 1. The molecule has 4 heterocycles. The lowest BCUT2D eigenvalue weighted by Crippen LogP contribution is -2.70. The summed E-state index contributed by atoms with van der Waals surface area (Å²) in [5.74, 6) is -0.465. The Labute approximate surface area is 272 Å². The summed E-state index contributed by atoms with van der Waals surface area (Å²) in [6.45, 7) is 5.11. The van der Waals surface area contributed by atoms with Crippen LogP contribution in [0.2, 0.25) is 0 Å². The maximum absolute atomic E-state index is 13.4. The molecule has 0 aliphatic carbocycles. The lowest BCUT2D eigenvalue weighted by molar-refractivity contribution is -0.153. The largest absolute Gasteiger partial charge is 0.508 e. The number of hydrogen-bond acceptors (Lipinski definition) is 16. The highest BCUT2D eigenvalue weighted by Gasteiger charge is 2.54. The molecule has 2 atom stereocenters. The summed E-state index contributed by atoms with van der Waals surface area (Å²) in [6.07, 6.45) is -0.171. The number of tetrazole rings is 1. The van der Waals surface area contributed by atoms with Crippen LogP contribution in [0, 0.1) is 5.92 Å². The Kier molecular flexibility index (Phi) is 12.4. The molecule has 19 heteroatoms. The SMILES string of the molecule is CC(C)CCOC(=O)OCCOC(=O)C1=C(CSc2nnnn2CCN(C)C)CS[C@H]2[C@@H](NC(=O)Cc3csc(N)n3)C(=O)N12. The molecule has 16 nitrogen and oxygen atoms in total. The number of aromatic nitrogens is 5. The zero-order valence-electron chi connectivity index (χ0n) is 25.5. The van der Waals surface area contributed by atoms with Gasteiger partial charge in [0.25, 0.3) is 5.91 Å². The number of hydrogen-bond donors (Lipinski definition) is 2. The van der Waals surface area contributed by atoms with E-state index in [1.54, 1.807) is 10.1 Å². The second-order valence-electron chi connectivity index (χ2n) is 10.8. The molecule has 4 rings (SSSR count). The van der Waals surface area contributed by atoms with Crippen molar-refractivity contribution in [3.8, 4) is 0 Å². The zero-order valence-corrected chi connectivity index (χ0v) is 27.9. The van der Waals surface area contributed by atoms with Crippen LogP contribution in [0.1, 0.15) is 26.0 Å². The van der Waals surface area contributed by atoms with Crippen LogP contribution in [0.4, 0.5) is 9.93 Å². The Morgan fingerprint density at radius 3 is 2.67 bits per heavy atom. The van der Waals surface area contributed by atoms with E-state index in [0.717, 1.165) is 6.54 Å². The molecule has 2 amide bonds. The van der Waals surface area contributed by atoms with Crippen molar-refractivity contribution < 1.29 is 33.4 Å². The molecule has 0 aromatic carbocycles. The molecule has 2 aromatic rings. The van der Waals surface area contributed by atoms with Crippen LogP contribution >= 0.6 is 34.9 Å². The average Bonchev–Trinajstić information content (AvgIpc) is 3.62. The van der Waals surface area contributed by atoms with Crippen molar-refractivity contribution in [3.05, 3.63) is 22.3 Å². The van der Waals surface area contributed by atoms with E-state index in [2.05, 4.69) is 25.8 Å². The van der Waals surface area contributed by atoms with Gasteiger partial charge in [-0.25, -0.2) is 19.3 Å². The number of nitrogens with zero attached hydrogens (tertiary/aromatic N) is 7. The fourth-order valence-corrected chi connectivity index (χ4v) is 7.16. The number of fused-ring (bicyclic) bond motifs is 1. The summed E-state index contributed by atoms with van der Waals surface area (Å²) in [6, 6.07) is -0.822. The van der Waals surface area contributed by atoms with E-state index in [-0.39, 0.29) is 37.8 Å². The van der Waals surface area contributed by atoms with Crippen LogP contribution < -0.4 is 11.1 Å². The Morgan fingerprint density at radius 1 is 1.20 bits per heavy atom. The van der Waals surface area contributed by atoms with Crippen LogP contribution in [-0.2, 0) is 41.6 Å². The summed E-state index contributed by atoms with van der Waals surface area (Å²) in [5.41, 5.74) is 6.91. The van der Waals surface area contributed by atoms with E-state index in [0.29, 0.717) is 51.9 Å². The summed E-state index contributed by atoms with van der Waals surface area (Å²) in [7, 11) is 3.90. The predicted molar refractivity (Wildman–Crippen MR) is 167 cm³/mol. The van der Waals surface area contributed by atoms with Crippen molar-refractivity contribution >= 4 is 63.9 Å². The smallest absolute Gasteiger partial charge is 0.457 e. The zero-order chi connectivity index (χ0) is 32.5. The highest BCUT2D eigenvalue weighted by atomic mass is 32.2. The summed E-state index contributed by atoms with van der Waals surface area (Å²) in [5, 5.41) is 16.8. The normalized spacial score (nSPS) is 17.7. The van der Waals surface area contributed by atoms with Gasteiger partial charge in [0.05, 0.1) is 25.3 Å². The van der Waals surface area contributed by atoms with E-state index < -0.39 is 29.4 Å². The molecule has 45 heavy (non-hydrogen) atoms. The molecule has 1 saturated heterocycles. The molecule has 0 radical (unpaired) electrons. The molecule has 246 valence electrons. The van der Waals surface area contributed by atoms with E-state index in [9.17, 15) is 19.2 Å². The number of thioether (sulfide) groups is 2. The second kappa shape index (κ2) is 16.2. The van der Waals surface area contributed by atoms with Crippen molar-refractivity contribution in [2.45, 2.75) is 49.8 Å². The van der Waals surface area contributed by atoms with Gasteiger partial charge in [-0.1, -0.05) is 25.6 Å². The maximum Gasteiger partial charge on any atom is 0.508 e. The Morgan fingerprint density at radius 2 is 1.96 bits per heavy atom. The molecule has 3 N–H and O–H groups in total. The molecular weight excluding hydrogens is 647 g/mol. The van der Waals surface area contributed by atoms with Gasteiger partial charge in [0.15, 0.2) is 5.13 Å². The monoisotopic (exact) mass is 683 g/mol. The number of nitrogens with two attached hydrogens (primary N) is 1. The van der Waals surface area contributed by atoms with Gasteiger partial charge in [0.1, 0.15) is 30.3 Å². The number of likely N-dealkylation sites (N-methyl/N-ethyl adjacent to an activating group) is 1. The van der Waals surface area contributed by atoms with E-state index in [1.165, 1.54) is 39.8 Å². The van der Waals surface area contributed by atoms with Crippen molar-refractivity contribution in [1.29, 1.82) is 0 Å². The van der Waals surface area contributed by atoms with E-state index >= 15 is 0 Å². The third kappa shape index (κ3) is 9.54. The summed E-state index contributed by atoms with van der Waals surface area (Å²) >= 11 is 4.00. The number of thiazole rings is 1. The Hall–Kier alpha value is -3.42. The number of anilines is 1. The van der Waals surface area contributed by atoms with E-state index in [1.807, 2.05) is 32.8 Å². The minimum Gasteiger partial charge on any atom is -0.457 e. The van der Waals surface area contributed by atoms with Gasteiger partial charge >= 0.3 is 12.1 Å². The fraction of sp³-hybridized carbons (Fsp3) is 0.615. The molecule has 0 spiro atoms. The lowest BCUT2D eigenvalue weighted by Gasteiger charge is -2.49. The number of ether oxygens (including phenoxy) is 3. The molecular formula is C26H37N9O7S3. The highest BCUT2D eigenvalue weighted by Crippen LogP contribution is 2.42. The Bertz CT molecular complexity index is 1400. The van der Waals surface area contributed by atoms with Crippen LogP contribution in [0.3, 0.4) is 0 Å². The first kappa shape index (κ1) is 34.5. The number of carbonyl (C=O) groups is 4. The van der Waals surface area contributed by atoms with Gasteiger partial charge in [-0.15, -0.1) is 28.2 Å². The average molecular weight is 684 g/mol. The standard InChI is InChI=1S/C26H37N9O7S3/c1-15(2)5-8-41-26(39)42-10-9-40-23(38)20-16(13-45-25-30-31-32-34(25)7-6-33(3)4)12-43-22-19(21(37)35(20)22)29-18(36)11-17-14-44-24(27)28-17/h14-15,19,22H,5-13H2,1-4H3,(H2,27,28)(H,29,36)/t19-,22-/m0/s1. The molecule has 2 aromatic heterocycles. The van der Waals surface area contributed by atoms with Crippen LogP contribution in [0.25, 0.3) is 0 Å². The number of rotatable bonds is 16. The third-order valence-corrected chi connectivity index (χ3v) is 9.66. The number of β-lactam (4-membered cyclic amide) rings is 1. The van der Waals surface area contributed by atoms with Gasteiger partial charge < -0.3 is 30.2 Å². The molecule has 2 aliphatic rings. The predicted octanol–water partition coefficient (Wildman–Crippen LogP) is 1.00. The van der Waals surface area contributed by atoms with Crippen molar-refractivity contribution in [3.63, 3.8) is 0 Å². The van der Waals surface area contributed by atoms with Gasteiger partial charge in [-0.3, -0.25) is 14.5 Å². The first-order valence-electron chi connectivity index (χ1n) is 14.2. The molecule has 0 saturated carbocycles. The molecule has 1 fully saturated rings. The minimum absolute atomic E-state index is 0.0239. The summed E-state index contributed by atoms with van der Waals surface area (Å²) < 4.78 is 17.1. The van der Waals surface area contributed by atoms with Gasteiger partial charge in [-0.2, -0.15) is 0 Å². The molecule has 0 bridgehead atoms. The van der Waals surface area contributed by atoms with Crippen LogP contribution in [-0.4, -0.2) is 122 Å². The fourth-order valence-electron chi connectivity index (χ4n) is 4.21. The number of nitrogens with one attached hydrogen (secondary N) is 1. The molecule has 2 aliphatic heterocycles. The summed E-state index contributed by atoms with van der Waals surface area (Å²) in [4.78, 5) is 58.7. The Balaban J connectivity index is 1.41. The van der Waals surface area contributed by atoms with Crippen LogP contribution in [0.15, 0.2) is 21.8 Å². The van der Waals surface area contributed by atoms with Crippen LogP contribution in [0.5, 0.6) is 0 Å². The van der Waals surface area contributed by atoms with Crippen molar-refractivity contribution in [1.82, 2.24) is 40.3 Å². The first-order valence-corrected chi connectivity index (χ1v) is 17.1. The number of nitrogen functional groups attached to an aromatic ring is 1. The van der Waals surface area contributed by atoms with Crippen molar-refractivity contribution in [2.24, 2.45) is 5.92 Å². The number of amides is 2. The van der Waals surface area contributed by atoms with Crippen molar-refractivity contribution in [2.75, 3.05) is 57.7 Å². The third-order valence-electron chi connectivity index (χ3n) is 6.55. The first-order chi connectivity index (χ1) is 21.5. The topological polar surface area (TPSA) is 197 Å². The second-order valence-corrected chi connectivity index (χ2v) is 13.7. The van der Waals surface area contributed by atoms with Gasteiger partial charge in [-0.05, 0) is 42.4 Å². The minimum atomic E-state index is -0.846. The van der Waals surface area contributed by atoms with Gasteiger partial charge in [0, 0.05) is 23.4 Å².